The summed E-state index contributed by atoms with van der Waals surface area (Å²) < 4.78 is 0. The molecular weight excluding hydrogens is 196 g/mol. The van der Waals surface area contributed by atoms with Gasteiger partial charge in [0.2, 0.25) is 5.11 Å². The van der Waals surface area contributed by atoms with E-state index < -0.39 is 0 Å². The summed E-state index contributed by atoms with van der Waals surface area (Å²) in [7, 11) is 0. The maximum atomic E-state index is 4.85. The van der Waals surface area contributed by atoms with Crippen LogP contribution in [0.15, 0.2) is 29.4 Å². The lowest BCUT2D eigenvalue weighted by Crippen LogP contribution is -2.51. The molecule has 4 nitrogen and oxygen atoms in total. The van der Waals surface area contributed by atoms with E-state index in [1.807, 2.05) is 31.2 Å². The smallest absolute Gasteiger partial charge is 0.205 e. The molecule has 0 amide bonds. The third-order valence-electron chi connectivity index (χ3n) is 1.96. The Morgan fingerprint density at radius 3 is 2.64 bits per heavy atom. The van der Waals surface area contributed by atoms with Crippen molar-refractivity contribution in [1.82, 2.24) is 16.3 Å². The lowest BCUT2D eigenvalue weighted by Gasteiger charge is -2.18. The molecule has 72 valence electrons. The maximum Gasteiger partial charge on any atom is 0.205 e. The van der Waals surface area contributed by atoms with Crippen LogP contribution in [0.3, 0.4) is 0 Å². The Morgan fingerprint density at radius 2 is 2.00 bits per heavy atom. The number of amidine groups is 1. The van der Waals surface area contributed by atoms with Gasteiger partial charge in [-0.25, -0.2) is 0 Å². The zero-order chi connectivity index (χ0) is 9.97. The molecule has 0 aromatic heterocycles. The summed E-state index contributed by atoms with van der Waals surface area (Å²) in [5, 5.41) is 4.57. The van der Waals surface area contributed by atoms with Gasteiger partial charge in [0.25, 0.3) is 0 Å². The highest BCUT2D eigenvalue weighted by molar-refractivity contribution is 7.80. The van der Waals surface area contributed by atoms with E-state index in [0.717, 1.165) is 17.0 Å². The van der Waals surface area contributed by atoms with Gasteiger partial charge >= 0.3 is 0 Å². The van der Waals surface area contributed by atoms with E-state index in [9.17, 15) is 0 Å². The van der Waals surface area contributed by atoms with Gasteiger partial charge in [0.15, 0.2) is 5.84 Å². The monoisotopic (exact) mass is 206 g/mol. The summed E-state index contributed by atoms with van der Waals surface area (Å²) in [5.41, 5.74) is 10.6. The van der Waals surface area contributed by atoms with E-state index in [4.69, 9.17) is 12.2 Å². The molecule has 5 heteroatoms. The van der Waals surface area contributed by atoms with Crippen LogP contribution < -0.4 is 16.3 Å². The normalized spacial score (nSPS) is 14.9. The highest BCUT2D eigenvalue weighted by atomic mass is 32.1. The number of nitrogens with zero attached hydrogens (tertiary/aromatic N) is 1. The largest absolute Gasteiger partial charge is 0.280 e. The molecule has 0 saturated heterocycles. The van der Waals surface area contributed by atoms with Crippen molar-refractivity contribution in [3.8, 4) is 0 Å². The molecule has 1 aliphatic rings. The number of hydrogen-bond acceptors (Lipinski definition) is 3. The van der Waals surface area contributed by atoms with Crippen molar-refractivity contribution in [2.75, 3.05) is 0 Å². The molecular formula is C9H10N4S. The van der Waals surface area contributed by atoms with Crippen molar-refractivity contribution < 1.29 is 0 Å². The minimum Gasteiger partial charge on any atom is -0.280 e. The summed E-state index contributed by atoms with van der Waals surface area (Å²) in [6.45, 7) is 2.03. The Morgan fingerprint density at radius 1 is 1.21 bits per heavy atom. The van der Waals surface area contributed by atoms with Crippen LogP contribution in [0, 0.1) is 6.92 Å². The van der Waals surface area contributed by atoms with Gasteiger partial charge in [-0.1, -0.05) is 24.3 Å². The zero-order valence-electron chi connectivity index (χ0n) is 7.66. The molecule has 3 N–H and O–H groups in total. The Labute approximate surface area is 87.4 Å². The van der Waals surface area contributed by atoms with E-state index in [-0.39, 0.29) is 0 Å². The summed E-state index contributed by atoms with van der Waals surface area (Å²) in [6.07, 6.45) is 0. The fourth-order valence-electron chi connectivity index (χ4n) is 1.24. The molecule has 1 aromatic rings. The Bertz CT molecular complexity index is 400. The number of hydrazine groups is 1. The first-order valence-corrected chi connectivity index (χ1v) is 4.64. The van der Waals surface area contributed by atoms with Gasteiger partial charge in [0.05, 0.1) is 0 Å². The Balaban J connectivity index is 2.32. The topological polar surface area (TPSA) is 48.5 Å². The SMILES string of the molecule is Cc1ccccc1C1=NNC(=S)NN1. The highest BCUT2D eigenvalue weighted by Crippen LogP contribution is 2.07. The Kier molecular flexibility index (Phi) is 2.32. The average molecular weight is 206 g/mol. The number of benzene rings is 1. The molecule has 0 aliphatic carbocycles. The van der Waals surface area contributed by atoms with E-state index in [1.165, 1.54) is 0 Å². The van der Waals surface area contributed by atoms with Crippen LogP contribution in [0.2, 0.25) is 0 Å². The van der Waals surface area contributed by atoms with Crippen LogP contribution in [0.25, 0.3) is 0 Å². The highest BCUT2D eigenvalue weighted by Gasteiger charge is 2.10. The van der Waals surface area contributed by atoms with Crippen LogP contribution in [0.1, 0.15) is 11.1 Å². The van der Waals surface area contributed by atoms with Crippen molar-refractivity contribution in [3.63, 3.8) is 0 Å². The predicted molar refractivity (Wildman–Crippen MR) is 59.7 cm³/mol. The van der Waals surface area contributed by atoms with Crippen LogP contribution in [-0.2, 0) is 0 Å². The van der Waals surface area contributed by atoms with Crippen LogP contribution in [0.4, 0.5) is 0 Å². The number of aryl methyl sites for hydroxylation is 1. The molecule has 0 unspecified atom stereocenters. The summed E-state index contributed by atoms with van der Waals surface area (Å²) in [6, 6.07) is 8.00. The summed E-state index contributed by atoms with van der Waals surface area (Å²) in [4.78, 5) is 0. The second-order valence-corrected chi connectivity index (χ2v) is 3.37. The van der Waals surface area contributed by atoms with Crippen molar-refractivity contribution in [3.05, 3.63) is 35.4 Å². The molecule has 1 aromatic carbocycles. The predicted octanol–water partition coefficient (Wildman–Crippen LogP) is 0.639. The molecule has 0 fully saturated rings. The summed E-state index contributed by atoms with van der Waals surface area (Å²) in [5.74, 6) is 0.747. The maximum absolute atomic E-state index is 4.85. The van der Waals surface area contributed by atoms with Gasteiger partial charge in [0, 0.05) is 5.56 Å². The third kappa shape index (κ3) is 1.67. The molecule has 0 atom stereocenters. The lowest BCUT2D eigenvalue weighted by atomic mass is 10.1. The third-order valence-corrected chi connectivity index (χ3v) is 2.16. The first kappa shape index (κ1) is 8.96. The molecule has 2 rings (SSSR count). The van der Waals surface area contributed by atoms with Crippen molar-refractivity contribution in [1.29, 1.82) is 0 Å². The van der Waals surface area contributed by atoms with E-state index >= 15 is 0 Å². The van der Waals surface area contributed by atoms with Gasteiger partial charge in [0.1, 0.15) is 0 Å². The van der Waals surface area contributed by atoms with Crippen LogP contribution in [0.5, 0.6) is 0 Å². The standard InChI is InChI=1S/C9H10N4S/c1-6-4-2-3-5-7(6)8-10-12-9(14)13-11-8/h2-5H,1H3,(H,10,11)(H2,12,13,14). The molecule has 1 heterocycles. The first-order valence-electron chi connectivity index (χ1n) is 4.23. The van der Waals surface area contributed by atoms with Gasteiger partial charge in [-0.15, -0.1) is 0 Å². The first-order chi connectivity index (χ1) is 6.77. The number of thiocarbonyl (C=S) groups is 1. The van der Waals surface area contributed by atoms with Gasteiger partial charge in [-0.05, 0) is 24.7 Å². The lowest BCUT2D eigenvalue weighted by molar-refractivity contribution is 0.775. The van der Waals surface area contributed by atoms with E-state index in [2.05, 4.69) is 21.4 Å². The minimum absolute atomic E-state index is 0.474. The molecule has 0 spiro atoms. The molecule has 0 bridgehead atoms. The minimum atomic E-state index is 0.474. The van der Waals surface area contributed by atoms with E-state index in [1.54, 1.807) is 0 Å². The molecule has 1 aliphatic heterocycles. The molecule has 14 heavy (non-hydrogen) atoms. The number of nitrogens with one attached hydrogen (secondary N) is 3. The quantitative estimate of drug-likeness (QED) is 0.590. The van der Waals surface area contributed by atoms with Crippen molar-refractivity contribution in [2.45, 2.75) is 6.92 Å². The Hall–Kier alpha value is -1.62. The van der Waals surface area contributed by atoms with Gasteiger partial charge < -0.3 is 0 Å². The number of rotatable bonds is 1. The number of hydrogen-bond donors (Lipinski definition) is 3. The number of hydrazone groups is 1. The van der Waals surface area contributed by atoms with Gasteiger partial charge in [-0.3, -0.25) is 16.3 Å². The van der Waals surface area contributed by atoms with Crippen molar-refractivity contribution in [2.24, 2.45) is 5.10 Å². The molecule has 0 saturated carbocycles. The van der Waals surface area contributed by atoms with E-state index in [0.29, 0.717) is 5.11 Å². The summed E-state index contributed by atoms with van der Waals surface area (Å²) >= 11 is 4.85. The second kappa shape index (κ2) is 3.63. The average Bonchev–Trinajstić information content (AvgIpc) is 2.20. The fourth-order valence-corrected chi connectivity index (χ4v) is 1.34. The fraction of sp³-hybridized carbons (Fsp3) is 0.111. The van der Waals surface area contributed by atoms with Crippen LogP contribution >= 0.6 is 12.2 Å². The van der Waals surface area contributed by atoms with Gasteiger partial charge in [-0.2, -0.15) is 5.10 Å². The van der Waals surface area contributed by atoms with Crippen molar-refractivity contribution >= 4 is 23.2 Å². The van der Waals surface area contributed by atoms with Crippen LogP contribution in [-0.4, -0.2) is 10.9 Å². The zero-order valence-corrected chi connectivity index (χ0v) is 8.48. The second-order valence-electron chi connectivity index (χ2n) is 2.97. The molecule has 0 radical (unpaired) electrons.